The van der Waals surface area contributed by atoms with Crippen LogP contribution in [0, 0.1) is 5.41 Å². The molecule has 102 valence electrons. The molecule has 2 heterocycles. The van der Waals surface area contributed by atoms with Crippen LogP contribution in [0.15, 0.2) is 22.6 Å². The molecule has 0 N–H and O–H groups in total. The number of hydrogen-bond acceptors (Lipinski definition) is 4. The first-order valence-electron chi connectivity index (χ1n) is 6.78. The molecule has 0 saturated heterocycles. The van der Waals surface area contributed by atoms with Gasteiger partial charge in [0.2, 0.25) is 0 Å². The van der Waals surface area contributed by atoms with Crippen molar-refractivity contribution in [3.63, 3.8) is 0 Å². The smallest absolute Gasteiger partial charge is 0.262 e. The minimum Gasteiger partial charge on any atom is -0.298 e. The average Bonchev–Trinajstić information content (AvgIpc) is 2.92. The molecule has 19 heavy (non-hydrogen) atoms. The summed E-state index contributed by atoms with van der Waals surface area (Å²) in [4.78, 5) is 17.7. The van der Waals surface area contributed by atoms with Crippen LogP contribution in [0.25, 0.3) is 10.2 Å². The van der Waals surface area contributed by atoms with Gasteiger partial charge < -0.3 is 0 Å². The molecular weight excluding hydrogens is 276 g/mol. The molecule has 1 saturated carbocycles. The highest BCUT2D eigenvalue weighted by molar-refractivity contribution is 7.80. The Kier molecular flexibility index (Phi) is 3.67. The molecule has 2 aromatic heterocycles. The van der Waals surface area contributed by atoms with Gasteiger partial charge in [-0.2, -0.15) is 12.6 Å². The molecule has 0 unspecified atom stereocenters. The highest BCUT2D eigenvalue weighted by Gasteiger charge is 2.31. The van der Waals surface area contributed by atoms with Crippen molar-refractivity contribution >= 4 is 34.2 Å². The van der Waals surface area contributed by atoms with Gasteiger partial charge in [-0.05, 0) is 35.5 Å². The molecule has 0 radical (unpaired) electrons. The molecule has 0 aromatic carbocycles. The predicted molar refractivity (Wildman–Crippen MR) is 83.3 cm³/mol. The average molecular weight is 294 g/mol. The van der Waals surface area contributed by atoms with E-state index in [1.807, 2.05) is 11.4 Å². The van der Waals surface area contributed by atoms with Crippen molar-refractivity contribution in [2.45, 2.75) is 38.6 Å². The third kappa shape index (κ3) is 2.46. The third-order valence-electron chi connectivity index (χ3n) is 4.21. The van der Waals surface area contributed by atoms with E-state index in [4.69, 9.17) is 0 Å². The lowest BCUT2D eigenvalue weighted by Crippen LogP contribution is -2.35. The van der Waals surface area contributed by atoms with Gasteiger partial charge in [0.15, 0.2) is 0 Å². The molecule has 0 aliphatic heterocycles. The predicted octanol–water partition coefficient (Wildman–Crippen LogP) is 3.34. The minimum absolute atomic E-state index is 0.0954. The molecule has 3 rings (SSSR count). The molecule has 1 aliphatic carbocycles. The summed E-state index contributed by atoms with van der Waals surface area (Å²) in [5, 5.41) is 2.68. The fourth-order valence-corrected chi connectivity index (χ4v) is 4.17. The van der Waals surface area contributed by atoms with Crippen LogP contribution >= 0.6 is 24.0 Å². The van der Waals surface area contributed by atoms with E-state index in [1.54, 1.807) is 10.9 Å². The van der Waals surface area contributed by atoms with E-state index in [0.717, 1.165) is 22.5 Å². The van der Waals surface area contributed by atoms with Crippen LogP contribution in [0.3, 0.4) is 0 Å². The van der Waals surface area contributed by atoms with Gasteiger partial charge in [-0.15, -0.1) is 11.3 Å². The van der Waals surface area contributed by atoms with Crippen molar-refractivity contribution in [3.8, 4) is 0 Å². The molecule has 1 fully saturated rings. The monoisotopic (exact) mass is 294 g/mol. The van der Waals surface area contributed by atoms with Crippen LogP contribution in [-0.4, -0.2) is 15.3 Å². The Hall–Kier alpha value is -0.810. The Morgan fingerprint density at radius 2 is 2.16 bits per heavy atom. The summed E-state index contributed by atoms with van der Waals surface area (Å²) in [6, 6.07) is 1.88. The number of thiophene rings is 1. The lowest BCUT2D eigenvalue weighted by molar-refractivity contribution is 0.187. The van der Waals surface area contributed by atoms with Gasteiger partial charge in [-0.1, -0.05) is 19.3 Å². The van der Waals surface area contributed by atoms with E-state index >= 15 is 0 Å². The summed E-state index contributed by atoms with van der Waals surface area (Å²) in [5.41, 5.74) is 0.273. The van der Waals surface area contributed by atoms with E-state index in [-0.39, 0.29) is 11.0 Å². The molecule has 0 spiro atoms. The standard InChI is InChI=1S/C14H18N2OS2/c17-13-11-4-7-19-12(11)15-10-16(13)8-14(9-18)5-2-1-3-6-14/h4,7,10,18H,1-3,5-6,8-9H2. The highest BCUT2D eigenvalue weighted by Crippen LogP contribution is 2.38. The molecule has 0 atom stereocenters. The SMILES string of the molecule is O=c1c2ccsc2ncn1CC1(CS)CCCCC1. The topological polar surface area (TPSA) is 34.9 Å². The summed E-state index contributed by atoms with van der Waals surface area (Å²) in [7, 11) is 0. The summed E-state index contributed by atoms with van der Waals surface area (Å²) < 4.78 is 1.79. The second-order valence-corrected chi connectivity index (χ2v) is 6.75. The van der Waals surface area contributed by atoms with Gasteiger partial charge >= 0.3 is 0 Å². The van der Waals surface area contributed by atoms with E-state index in [0.29, 0.717) is 0 Å². The summed E-state index contributed by atoms with van der Waals surface area (Å²) in [6.07, 6.45) is 7.87. The first-order chi connectivity index (χ1) is 9.24. The van der Waals surface area contributed by atoms with Crippen LogP contribution in [0.1, 0.15) is 32.1 Å². The summed E-state index contributed by atoms with van der Waals surface area (Å²) in [6.45, 7) is 0.758. The van der Waals surface area contributed by atoms with Crippen LogP contribution in [-0.2, 0) is 6.54 Å². The summed E-state index contributed by atoms with van der Waals surface area (Å²) in [5.74, 6) is 0.848. The highest BCUT2D eigenvalue weighted by atomic mass is 32.1. The maximum atomic E-state index is 12.4. The zero-order valence-electron chi connectivity index (χ0n) is 10.8. The second kappa shape index (κ2) is 5.29. The van der Waals surface area contributed by atoms with Crippen LogP contribution in [0.4, 0.5) is 0 Å². The fourth-order valence-electron chi connectivity index (χ4n) is 3.04. The Labute approximate surface area is 122 Å². The molecule has 3 nitrogen and oxygen atoms in total. The first kappa shape index (κ1) is 13.2. The molecule has 2 aromatic rings. The van der Waals surface area contributed by atoms with Gasteiger partial charge in [-0.25, -0.2) is 4.98 Å². The fraction of sp³-hybridized carbons (Fsp3) is 0.571. The maximum absolute atomic E-state index is 12.4. The van der Waals surface area contributed by atoms with E-state index in [1.165, 1.54) is 43.4 Å². The molecule has 5 heteroatoms. The van der Waals surface area contributed by atoms with Crippen LogP contribution in [0.2, 0.25) is 0 Å². The number of fused-ring (bicyclic) bond motifs is 1. The molecule has 0 amide bonds. The molecule has 1 aliphatic rings. The molecule has 0 bridgehead atoms. The van der Waals surface area contributed by atoms with Crippen molar-refractivity contribution in [2.75, 3.05) is 5.75 Å². The van der Waals surface area contributed by atoms with Crippen molar-refractivity contribution in [1.82, 2.24) is 9.55 Å². The van der Waals surface area contributed by atoms with Gasteiger partial charge in [0.1, 0.15) is 4.83 Å². The van der Waals surface area contributed by atoms with Gasteiger partial charge in [0, 0.05) is 6.54 Å². The van der Waals surface area contributed by atoms with Gasteiger partial charge in [-0.3, -0.25) is 9.36 Å². The van der Waals surface area contributed by atoms with E-state index in [2.05, 4.69) is 17.6 Å². The minimum atomic E-state index is 0.0954. The number of nitrogens with zero attached hydrogens (tertiary/aromatic N) is 2. The Bertz CT molecular complexity index is 626. The lowest BCUT2D eigenvalue weighted by Gasteiger charge is -2.36. The lowest BCUT2D eigenvalue weighted by atomic mass is 9.75. The number of hydrogen-bond donors (Lipinski definition) is 1. The Morgan fingerprint density at radius 3 is 2.89 bits per heavy atom. The van der Waals surface area contributed by atoms with Crippen LogP contribution < -0.4 is 5.56 Å². The van der Waals surface area contributed by atoms with Crippen molar-refractivity contribution in [1.29, 1.82) is 0 Å². The van der Waals surface area contributed by atoms with Crippen molar-refractivity contribution < 1.29 is 0 Å². The Morgan fingerprint density at radius 1 is 1.37 bits per heavy atom. The normalized spacial score (nSPS) is 18.8. The van der Waals surface area contributed by atoms with Crippen LogP contribution in [0.5, 0.6) is 0 Å². The zero-order chi connectivity index (χ0) is 13.3. The quantitative estimate of drug-likeness (QED) is 0.881. The molecular formula is C14H18N2OS2. The van der Waals surface area contributed by atoms with E-state index in [9.17, 15) is 4.79 Å². The second-order valence-electron chi connectivity index (χ2n) is 5.54. The van der Waals surface area contributed by atoms with Crippen molar-refractivity contribution in [3.05, 3.63) is 28.1 Å². The first-order valence-corrected chi connectivity index (χ1v) is 8.29. The summed E-state index contributed by atoms with van der Waals surface area (Å²) >= 11 is 6.06. The van der Waals surface area contributed by atoms with Gasteiger partial charge in [0.05, 0.1) is 11.7 Å². The van der Waals surface area contributed by atoms with Gasteiger partial charge in [0.25, 0.3) is 5.56 Å². The Balaban J connectivity index is 1.95. The zero-order valence-corrected chi connectivity index (χ0v) is 12.6. The van der Waals surface area contributed by atoms with Crippen molar-refractivity contribution in [2.24, 2.45) is 5.41 Å². The van der Waals surface area contributed by atoms with E-state index < -0.39 is 0 Å². The number of rotatable bonds is 3. The third-order valence-corrected chi connectivity index (χ3v) is 5.70. The number of aromatic nitrogens is 2. The maximum Gasteiger partial charge on any atom is 0.262 e. The largest absolute Gasteiger partial charge is 0.298 e. The number of thiol groups is 1.